The van der Waals surface area contributed by atoms with Crippen LogP contribution in [0.25, 0.3) is 0 Å². The first-order valence-corrected chi connectivity index (χ1v) is 7.01. The molecule has 0 bridgehead atoms. The van der Waals surface area contributed by atoms with Crippen LogP contribution in [0, 0.1) is 18.3 Å². The summed E-state index contributed by atoms with van der Waals surface area (Å²) in [5.41, 5.74) is 2.11. The van der Waals surface area contributed by atoms with E-state index in [2.05, 4.69) is 6.07 Å². The quantitative estimate of drug-likeness (QED) is 0.730. The van der Waals surface area contributed by atoms with Gasteiger partial charge in [0.1, 0.15) is 5.75 Å². The Morgan fingerprint density at radius 2 is 2.24 bits per heavy atom. The molecule has 0 aliphatic heterocycles. The van der Waals surface area contributed by atoms with Crippen molar-refractivity contribution in [1.82, 2.24) is 0 Å². The van der Waals surface area contributed by atoms with E-state index in [9.17, 15) is 4.21 Å². The number of ether oxygens (including phenoxy) is 1. The fourth-order valence-electron chi connectivity index (χ4n) is 1.58. The maximum atomic E-state index is 11.8. The van der Waals surface area contributed by atoms with Crippen molar-refractivity contribution in [3.05, 3.63) is 29.3 Å². The van der Waals surface area contributed by atoms with Crippen LogP contribution in [0.5, 0.6) is 5.75 Å². The first kappa shape index (κ1) is 13.7. The number of rotatable bonds is 6. The van der Waals surface area contributed by atoms with Gasteiger partial charge in [0.15, 0.2) is 0 Å². The second-order valence-electron chi connectivity index (χ2n) is 3.87. The molecule has 92 valence electrons. The molecule has 1 aromatic rings. The van der Waals surface area contributed by atoms with Gasteiger partial charge in [-0.15, -0.1) is 0 Å². The van der Waals surface area contributed by atoms with Gasteiger partial charge in [-0.05, 0) is 19.4 Å². The van der Waals surface area contributed by atoms with Crippen LogP contribution in [0.3, 0.4) is 0 Å². The first-order chi connectivity index (χ1) is 8.17. The van der Waals surface area contributed by atoms with Gasteiger partial charge in [0.25, 0.3) is 0 Å². The number of unbranched alkanes of at least 4 members (excludes halogenated alkanes) is 1. The molecule has 0 saturated heterocycles. The normalized spacial score (nSPS) is 11.8. The van der Waals surface area contributed by atoms with Gasteiger partial charge in [-0.3, -0.25) is 4.21 Å². The van der Waals surface area contributed by atoms with Crippen LogP contribution in [0.2, 0.25) is 0 Å². The molecule has 1 aromatic carbocycles. The third-order valence-corrected chi connectivity index (χ3v) is 3.79. The van der Waals surface area contributed by atoms with Gasteiger partial charge < -0.3 is 4.74 Å². The summed E-state index contributed by atoms with van der Waals surface area (Å²) in [5.74, 6) is 1.85. The lowest BCUT2D eigenvalue weighted by atomic mass is 10.1. The molecule has 0 unspecified atom stereocenters. The van der Waals surface area contributed by atoms with Gasteiger partial charge in [-0.25, -0.2) is 0 Å². The highest BCUT2D eigenvalue weighted by atomic mass is 32.2. The summed E-state index contributed by atoms with van der Waals surface area (Å²) in [6, 6.07) is 7.93. The van der Waals surface area contributed by atoms with E-state index < -0.39 is 10.8 Å². The molecule has 1 atom stereocenters. The van der Waals surface area contributed by atoms with Crippen LogP contribution < -0.4 is 4.74 Å². The van der Waals surface area contributed by atoms with Crippen molar-refractivity contribution in [3.8, 4) is 11.8 Å². The molecule has 0 fully saturated rings. The first-order valence-electron chi connectivity index (χ1n) is 5.53. The lowest BCUT2D eigenvalue weighted by molar-refractivity contribution is 0.411. The summed E-state index contributed by atoms with van der Waals surface area (Å²) < 4.78 is 17.1. The molecule has 0 aliphatic rings. The van der Waals surface area contributed by atoms with Crippen molar-refractivity contribution < 1.29 is 8.95 Å². The van der Waals surface area contributed by atoms with Crippen LogP contribution in [-0.2, 0) is 16.6 Å². The fraction of sp³-hybridized carbons (Fsp3) is 0.462. The second-order valence-corrected chi connectivity index (χ2v) is 5.44. The predicted octanol–water partition coefficient (Wildman–Crippen LogP) is 2.56. The van der Waals surface area contributed by atoms with Gasteiger partial charge in [-0.2, -0.15) is 5.26 Å². The van der Waals surface area contributed by atoms with Gasteiger partial charge in [0, 0.05) is 28.5 Å². The third-order valence-electron chi connectivity index (χ3n) is 2.41. The Morgan fingerprint density at radius 3 is 2.88 bits per heavy atom. The maximum Gasteiger partial charge on any atom is 0.123 e. The Bertz CT molecular complexity index is 438. The van der Waals surface area contributed by atoms with Crippen molar-refractivity contribution in [2.45, 2.75) is 25.5 Å². The van der Waals surface area contributed by atoms with E-state index in [0.29, 0.717) is 24.3 Å². The molecule has 4 heteroatoms. The van der Waals surface area contributed by atoms with Crippen molar-refractivity contribution in [2.75, 3.05) is 12.9 Å². The van der Waals surface area contributed by atoms with Crippen LogP contribution in [0.4, 0.5) is 0 Å². The Kier molecular flexibility index (Phi) is 5.71. The van der Waals surface area contributed by atoms with E-state index in [1.807, 2.05) is 25.1 Å². The summed E-state index contributed by atoms with van der Waals surface area (Å²) in [6.45, 7) is 2.00. The number of methoxy groups -OCH3 is 1. The summed E-state index contributed by atoms with van der Waals surface area (Å²) in [4.78, 5) is 0. The molecule has 0 aromatic heterocycles. The van der Waals surface area contributed by atoms with Gasteiger partial charge in [0.2, 0.25) is 0 Å². The van der Waals surface area contributed by atoms with Gasteiger partial charge in [0.05, 0.1) is 18.9 Å². The van der Waals surface area contributed by atoms with Crippen molar-refractivity contribution >= 4 is 10.8 Å². The van der Waals surface area contributed by atoms with Gasteiger partial charge >= 0.3 is 0 Å². The van der Waals surface area contributed by atoms with E-state index in [4.69, 9.17) is 10.00 Å². The zero-order valence-corrected chi connectivity index (χ0v) is 11.0. The summed E-state index contributed by atoms with van der Waals surface area (Å²) in [5, 5.41) is 8.42. The maximum absolute atomic E-state index is 11.8. The Hall–Kier alpha value is -1.34. The van der Waals surface area contributed by atoms with Crippen LogP contribution in [0.15, 0.2) is 18.2 Å². The van der Waals surface area contributed by atoms with E-state index in [-0.39, 0.29) is 0 Å². The molecule has 0 heterocycles. The minimum atomic E-state index is -0.924. The lowest BCUT2D eigenvalue weighted by Gasteiger charge is -2.09. The third kappa shape index (κ3) is 4.58. The molecule has 0 amide bonds. The number of aryl methyl sites for hydroxylation is 1. The fourth-order valence-corrected chi connectivity index (χ4v) is 2.76. The highest BCUT2D eigenvalue weighted by Gasteiger charge is 2.07. The predicted molar refractivity (Wildman–Crippen MR) is 69.3 cm³/mol. The van der Waals surface area contributed by atoms with E-state index in [1.165, 1.54) is 0 Å². The SMILES string of the molecule is COc1ccc(C)cc1C[S@@](=O)CCCC#N. The Morgan fingerprint density at radius 1 is 1.47 bits per heavy atom. The standard InChI is InChI=1S/C13H17NO2S/c1-11-5-6-13(16-2)12(9-11)10-17(15)8-4-3-7-14/h5-6,9H,3-4,8,10H2,1-2H3/t17-/m0/s1. The minimum Gasteiger partial charge on any atom is -0.496 e. The highest BCUT2D eigenvalue weighted by Crippen LogP contribution is 2.21. The van der Waals surface area contributed by atoms with Crippen molar-refractivity contribution in [3.63, 3.8) is 0 Å². The Labute approximate surface area is 105 Å². The molecular formula is C13H17NO2S. The van der Waals surface area contributed by atoms with Gasteiger partial charge in [-0.1, -0.05) is 17.7 Å². The highest BCUT2D eigenvalue weighted by molar-refractivity contribution is 7.84. The monoisotopic (exact) mass is 251 g/mol. The molecule has 1 rings (SSSR count). The van der Waals surface area contributed by atoms with E-state index in [1.54, 1.807) is 7.11 Å². The number of benzene rings is 1. The molecule has 0 aliphatic carbocycles. The number of nitrogens with zero attached hydrogens (tertiary/aromatic N) is 1. The summed E-state index contributed by atoms with van der Waals surface area (Å²) in [7, 11) is 0.694. The molecule has 0 saturated carbocycles. The smallest absolute Gasteiger partial charge is 0.123 e. The molecule has 3 nitrogen and oxygen atoms in total. The topological polar surface area (TPSA) is 50.1 Å². The zero-order valence-electron chi connectivity index (χ0n) is 10.2. The number of nitriles is 1. The second kappa shape index (κ2) is 7.08. The molecular weight excluding hydrogens is 234 g/mol. The van der Waals surface area contributed by atoms with Crippen LogP contribution in [-0.4, -0.2) is 17.1 Å². The zero-order chi connectivity index (χ0) is 12.7. The molecule has 17 heavy (non-hydrogen) atoms. The van der Waals surface area contributed by atoms with E-state index in [0.717, 1.165) is 16.9 Å². The average Bonchev–Trinajstić information content (AvgIpc) is 2.29. The van der Waals surface area contributed by atoms with Crippen LogP contribution in [0.1, 0.15) is 24.0 Å². The van der Waals surface area contributed by atoms with Crippen molar-refractivity contribution in [1.29, 1.82) is 5.26 Å². The molecule has 0 N–H and O–H groups in total. The van der Waals surface area contributed by atoms with Crippen LogP contribution >= 0.6 is 0 Å². The molecule has 0 radical (unpaired) electrons. The lowest BCUT2D eigenvalue weighted by Crippen LogP contribution is -2.03. The molecule has 0 spiro atoms. The number of hydrogen-bond donors (Lipinski definition) is 0. The van der Waals surface area contributed by atoms with E-state index >= 15 is 0 Å². The average molecular weight is 251 g/mol. The minimum absolute atomic E-state index is 0.469. The largest absolute Gasteiger partial charge is 0.496 e. The number of hydrogen-bond acceptors (Lipinski definition) is 3. The summed E-state index contributed by atoms with van der Waals surface area (Å²) >= 11 is 0. The van der Waals surface area contributed by atoms with Crippen molar-refractivity contribution in [2.24, 2.45) is 0 Å². The summed E-state index contributed by atoms with van der Waals surface area (Å²) in [6.07, 6.45) is 1.16. The Balaban J connectivity index is 2.64.